The highest BCUT2D eigenvalue weighted by molar-refractivity contribution is 5.96. The highest BCUT2D eigenvalue weighted by Crippen LogP contribution is 2.20. The Balaban J connectivity index is 2.86. The van der Waals surface area contributed by atoms with Crippen molar-refractivity contribution in [2.24, 2.45) is 0 Å². The van der Waals surface area contributed by atoms with Gasteiger partial charge in [-0.15, -0.1) is 0 Å². The minimum atomic E-state index is -0.481. The third kappa shape index (κ3) is 3.79. The SMILES string of the molecule is CCOC(=O)CN(C(C)=O)c1cccc(O)c1. The van der Waals surface area contributed by atoms with Crippen LogP contribution in [0.1, 0.15) is 13.8 Å². The predicted molar refractivity (Wildman–Crippen MR) is 62.8 cm³/mol. The first-order valence-electron chi connectivity index (χ1n) is 5.27. The first kappa shape index (κ1) is 13.0. The van der Waals surface area contributed by atoms with Gasteiger partial charge in [-0.25, -0.2) is 0 Å². The van der Waals surface area contributed by atoms with E-state index in [4.69, 9.17) is 4.74 Å². The quantitative estimate of drug-likeness (QED) is 0.802. The van der Waals surface area contributed by atoms with Crippen LogP contribution in [0.25, 0.3) is 0 Å². The van der Waals surface area contributed by atoms with Crippen LogP contribution in [-0.4, -0.2) is 30.1 Å². The maximum Gasteiger partial charge on any atom is 0.326 e. The zero-order chi connectivity index (χ0) is 12.8. The minimum Gasteiger partial charge on any atom is -0.508 e. The Morgan fingerprint density at radius 2 is 2.12 bits per heavy atom. The molecule has 1 amide bonds. The molecule has 0 spiro atoms. The second kappa shape index (κ2) is 5.89. The molecule has 0 unspecified atom stereocenters. The van der Waals surface area contributed by atoms with Crippen molar-refractivity contribution in [1.82, 2.24) is 0 Å². The lowest BCUT2D eigenvalue weighted by molar-refractivity contribution is -0.142. The third-order valence-electron chi connectivity index (χ3n) is 2.11. The topological polar surface area (TPSA) is 66.8 Å². The molecule has 0 atom stereocenters. The number of rotatable bonds is 4. The Morgan fingerprint density at radius 1 is 1.41 bits per heavy atom. The molecule has 0 aliphatic carbocycles. The zero-order valence-corrected chi connectivity index (χ0v) is 9.84. The summed E-state index contributed by atoms with van der Waals surface area (Å²) < 4.78 is 4.78. The Bertz CT molecular complexity index is 417. The van der Waals surface area contributed by atoms with E-state index in [0.717, 1.165) is 0 Å². The second-order valence-electron chi connectivity index (χ2n) is 3.43. The molecule has 92 valence electrons. The molecule has 17 heavy (non-hydrogen) atoms. The van der Waals surface area contributed by atoms with Crippen molar-refractivity contribution in [1.29, 1.82) is 0 Å². The average molecular weight is 237 g/mol. The first-order valence-corrected chi connectivity index (χ1v) is 5.27. The number of hydrogen-bond acceptors (Lipinski definition) is 4. The number of benzene rings is 1. The molecular formula is C12H15NO4. The standard InChI is InChI=1S/C12H15NO4/c1-3-17-12(16)8-13(9(2)14)10-5-4-6-11(15)7-10/h4-7,15H,3,8H2,1-2H3. The zero-order valence-electron chi connectivity index (χ0n) is 9.84. The van der Waals surface area contributed by atoms with Crippen LogP contribution in [0, 0.1) is 0 Å². The third-order valence-corrected chi connectivity index (χ3v) is 2.11. The molecule has 0 saturated carbocycles. The number of hydrogen-bond donors (Lipinski definition) is 1. The number of phenols is 1. The number of esters is 1. The highest BCUT2D eigenvalue weighted by atomic mass is 16.5. The molecule has 0 fully saturated rings. The Labute approximate surface area is 99.6 Å². The van der Waals surface area contributed by atoms with Crippen molar-refractivity contribution in [3.63, 3.8) is 0 Å². The number of carbonyl (C=O) groups excluding carboxylic acids is 2. The van der Waals surface area contributed by atoms with Crippen LogP contribution in [0.15, 0.2) is 24.3 Å². The Hall–Kier alpha value is -2.04. The van der Waals surface area contributed by atoms with Crippen molar-refractivity contribution < 1.29 is 19.4 Å². The molecule has 1 rings (SSSR count). The number of phenolic OH excluding ortho intramolecular Hbond substituents is 1. The van der Waals surface area contributed by atoms with Gasteiger partial charge in [0.15, 0.2) is 0 Å². The van der Waals surface area contributed by atoms with Gasteiger partial charge in [0, 0.05) is 18.7 Å². The minimum absolute atomic E-state index is 0.0395. The molecule has 1 N–H and O–H groups in total. The van der Waals surface area contributed by atoms with Crippen LogP contribution < -0.4 is 4.90 Å². The molecule has 0 radical (unpaired) electrons. The van der Waals surface area contributed by atoms with Gasteiger partial charge in [-0.2, -0.15) is 0 Å². The summed E-state index contributed by atoms with van der Waals surface area (Å²) in [7, 11) is 0. The lowest BCUT2D eigenvalue weighted by Crippen LogP contribution is -2.34. The molecule has 0 aliphatic heterocycles. The fourth-order valence-corrected chi connectivity index (χ4v) is 1.38. The summed E-state index contributed by atoms with van der Waals surface area (Å²) in [6.45, 7) is 3.16. The number of anilines is 1. The van der Waals surface area contributed by atoms with Crippen LogP contribution in [-0.2, 0) is 14.3 Å². The van der Waals surface area contributed by atoms with Gasteiger partial charge < -0.3 is 14.7 Å². The van der Waals surface area contributed by atoms with E-state index in [1.165, 1.54) is 24.0 Å². The van der Waals surface area contributed by atoms with E-state index in [2.05, 4.69) is 0 Å². The summed E-state index contributed by atoms with van der Waals surface area (Å²) in [5.74, 6) is -0.729. The molecule has 0 saturated heterocycles. The molecule has 5 heteroatoms. The molecular weight excluding hydrogens is 222 g/mol. The smallest absolute Gasteiger partial charge is 0.326 e. The van der Waals surface area contributed by atoms with Crippen LogP contribution in [0.4, 0.5) is 5.69 Å². The maximum absolute atomic E-state index is 11.4. The summed E-state index contributed by atoms with van der Waals surface area (Å²) >= 11 is 0. The Kier molecular flexibility index (Phi) is 4.51. The van der Waals surface area contributed by atoms with Gasteiger partial charge >= 0.3 is 5.97 Å². The first-order chi connectivity index (χ1) is 8.04. The lowest BCUT2D eigenvalue weighted by Gasteiger charge is -2.20. The number of amides is 1. The van der Waals surface area contributed by atoms with Crippen molar-refractivity contribution in [3.8, 4) is 5.75 Å². The normalized spacial score (nSPS) is 9.76. The molecule has 1 aromatic carbocycles. The van der Waals surface area contributed by atoms with Gasteiger partial charge in [-0.1, -0.05) is 6.07 Å². The fraction of sp³-hybridized carbons (Fsp3) is 0.333. The number of nitrogens with zero attached hydrogens (tertiary/aromatic N) is 1. The largest absolute Gasteiger partial charge is 0.508 e. The van der Waals surface area contributed by atoms with E-state index in [-0.39, 0.29) is 24.8 Å². The van der Waals surface area contributed by atoms with Gasteiger partial charge in [0.1, 0.15) is 12.3 Å². The van der Waals surface area contributed by atoms with Crippen LogP contribution in [0.2, 0.25) is 0 Å². The lowest BCUT2D eigenvalue weighted by atomic mass is 10.2. The molecule has 1 aromatic rings. The molecule has 0 heterocycles. The van der Waals surface area contributed by atoms with Crippen LogP contribution in [0.3, 0.4) is 0 Å². The predicted octanol–water partition coefficient (Wildman–Crippen LogP) is 1.31. The van der Waals surface area contributed by atoms with Gasteiger partial charge in [0.2, 0.25) is 5.91 Å². The van der Waals surface area contributed by atoms with Crippen molar-refractivity contribution in [2.75, 3.05) is 18.1 Å². The molecule has 0 aromatic heterocycles. The monoisotopic (exact) mass is 237 g/mol. The maximum atomic E-state index is 11.4. The highest BCUT2D eigenvalue weighted by Gasteiger charge is 2.16. The van der Waals surface area contributed by atoms with Crippen molar-refractivity contribution in [2.45, 2.75) is 13.8 Å². The Morgan fingerprint density at radius 3 is 2.65 bits per heavy atom. The van der Waals surface area contributed by atoms with Gasteiger partial charge in [0.05, 0.1) is 6.61 Å². The van der Waals surface area contributed by atoms with Crippen LogP contribution >= 0.6 is 0 Å². The van der Waals surface area contributed by atoms with Crippen LogP contribution in [0.5, 0.6) is 5.75 Å². The summed E-state index contributed by atoms with van der Waals surface area (Å²) in [5, 5.41) is 9.33. The van der Waals surface area contributed by atoms with E-state index < -0.39 is 5.97 Å². The molecule has 0 bridgehead atoms. The van der Waals surface area contributed by atoms with E-state index in [1.807, 2.05) is 0 Å². The second-order valence-corrected chi connectivity index (χ2v) is 3.43. The molecule has 5 nitrogen and oxygen atoms in total. The number of aromatic hydroxyl groups is 1. The van der Waals surface area contributed by atoms with E-state index in [0.29, 0.717) is 5.69 Å². The summed E-state index contributed by atoms with van der Waals surface area (Å²) in [6.07, 6.45) is 0. The fourth-order valence-electron chi connectivity index (χ4n) is 1.38. The van der Waals surface area contributed by atoms with Gasteiger partial charge in [0.25, 0.3) is 0 Å². The van der Waals surface area contributed by atoms with Gasteiger partial charge in [-0.05, 0) is 19.1 Å². The summed E-state index contributed by atoms with van der Waals surface area (Å²) in [4.78, 5) is 24.0. The van der Waals surface area contributed by atoms with Crippen molar-refractivity contribution >= 4 is 17.6 Å². The average Bonchev–Trinajstić information content (AvgIpc) is 2.26. The van der Waals surface area contributed by atoms with Crippen molar-refractivity contribution in [3.05, 3.63) is 24.3 Å². The van der Waals surface area contributed by atoms with Gasteiger partial charge in [-0.3, -0.25) is 9.59 Å². The number of carbonyl (C=O) groups is 2. The summed E-state index contributed by atoms with van der Waals surface area (Å²) in [5.41, 5.74) is 0.463. The van der Waals surface area contributed by atoms with E-state index in [9.17, 15) is 14.7 Å². The number of ether oxygens (including phenoxy) is 1. The molecule has 0 aliphatic rings. The summed E-state index contributed by atoms with van der Waals surface area (Å²) in [6, 6.07) is 6.15. The van der Waals surface area contributed by atoms with E-state index in [1.54, 1.807) is 19.1 Å². The van der Waals surface area contributed by atoms with E-state index >= 15 is 0 Å².